The molecule has 0 aliphatic heterocycles. The monoisotopic (exact) mass is 584 g/mol. The molecule has 0 saturated heterocycles. The second-order valence-electron chi connectivity index (χ2n) is 10.3. The maximum Gasteiger partial charge on any atom is 0.339 e. The highest BCUT2D eigenvalue weighted by atomic mass is 19.2. The van der Waals surface area contributed by atoms with E-state index in [4.69, 9.17) is 9.47 Å². The average Bonchev–Trinajstić information content (AvgIpc) is 2.97. The molecular formula is C32H41F5O4. The molecule has 9 heteroatoms. The largest absolute Gasteiger partial charge is 0.462 e. The fourth-order valence-electron chi connectivity index (χ4n) is 4.64. The maximum absolute atomic E-state index is 14.1. The summed E-state index contributed by atoms with van der Waals surface area (Å²) >= 11 is 0. The number of carbonyl (C=O) groups is 2. The summed E-state index contributed by atoms with van der Waals surface area (Å²) in [5.74, 6) is -12.7. The predicted molar refractivity (Wildman–Crippen MR) is 147 cm³/mol. The summed E-state index contributed by atoms with van der Waals surface area (Å²) in [6.45, 7) is 3.34. The minimum Gasteiger partial charge on any atom is -0.462 e. The number of ether oxygens (including phenoxy) is 2. The van der Waals surface area contributed by atoms with Crippen molar-refractivity contribution in [3.63, 3.8) is 0 Å². The summed E-state index contributed by atoms with van der Waals surface area (Å²) in [6.07, 6.45) is 14.8. The number of esters is 2. The van der Waals surface area contributed by atoms with Gasteiger partial charge in [0.25, 0.3) is 0 Å². The minimum absolute atomic E-state index is 0.132. The van der Waals surface area contributed by atoms with Gasteiger partial charge in [-0.3, -0.25) is 0 Å². The molecule has 0 aliphatic carbocycles. The molecule has 1 unspecified atom stereocenters. The molecule has 1 atom stereocenters. The Morgan fingerprint density at radius 2 is 1.00 bits per heavy atom. The fraction of sp³-hybridized carbons (Fsp3) is 0.562. The molecule has 41 heavy (non-hydrogen) atoms. The molecule has 0 radical (unpaired) electrons. The highest BCUT2D eigenvalue weighted by molar-refractivity contribution is 6.03. The van der Waals surface area contributed by atoms with E-state index in [1.807, 2.05) is 0 Å². The van der Waals surface area contributed by atoms with Crippen molar-refractivity contribution in [3.8, 4) is 0 Å². The molecule has 0 spiro atoms. The Bertz CT molecular complexity index is 1090. The highest BCUT2D eigenvalue weighted by Crippen LogP contribution is 2.30. The van der Waals surface area contributed by atoms with Crippen LogP contribution in [0.5, 0.6) is 0 Å². The molecule has 0 heterocycles. The van der Waals surface area contributed by atoms with Crippen LogP contribution in [0.2, 0.25) is 0 Å². The summed E-state index contributed by atoms with van der Waals surface area (Å²) in [6, 6.07) is 5.50. The molecule has 228 valence electrons. The van der Waals surface area contributed by atoms with E-state index in [1.165, 1.54) is 88.5 Å². The van der Waals surface area contributed by atoms with Crippen LogP contribution in [0, 0.1) is 29.1 Å². The third-order valence-electron chi connectivity index (χ3n) is 7.03. The van der Waals surface area contributed by atoms with Gasteiger partial charge in [-0.2, -0.15) is 0 Å². The SMILES string of the molecule is CCCCCCCCCCCCCCCCOC(=O)c1ccccc1C(=O)OC(C)c1c(F)c(F)c(F)c(F)c1F. The van der Waals surface area contributed by atoms with Crippen LogP contribution >= 0.6 is 0 Å². The summed E-state index contributed by atoms with van der Waals surface area (Å²) < 4.78 is 78.9. The highest BCUT2D eigenvalue weighted by Gasteiger charge is 2.31. The third kappa shape index (κ3) is 10.7. The van der Waals surface area contributed by atoms with Crippen molar-refractivity contribution in [3.05, 3.63) is 70.0 Å². The molecule has 4 nitrogen and oxygen atoms in total. The summed E-state index contributed by atoms with van der Waals surface area (Å²) in [7, 11) is 0. The molecule has 2 aromatic rings. The zero-order chi connectivity index (χ0) is 30.2. The Balaban J connectivity index is 1.74. The topological polar surface area (TPSA) is 52.6 Å². The molecule has 0 aliphatic rings. The maximum atomic E-state index is 14.1. The van der Waals surface area contributed by atoms with Crippen LogP contribution < -0.4 is 0 Å². The van der Waals surface area contributed by atoms with Crippen LogP contribution in [0.15, 0.2) is 24.3 Å². The van der Waals surface area contributed by atoms with Crippen LogP contribution in [0.4, 0.5) is 22.0 Å². The van der Waals surface area contributed by atoms with Gasteiger partial charge in [0, 0.05) is 0 Å². The zero-order valence-electron chi connectivity index (χ0n) is 24.0. The normalized spacial score (nSPS) is 11.9. The van der Waals surface area contributed by atoms with Gasteiger partial charge in [0.2, 0.25) is 5.82 Å². The minimum atomic E-state index is -2.31. The molecule has 0 fully saturated rings. The van der Waals surface area contributed by atoms with Crippen LogP contribution in [0.25, 0.3) is 0 Å². The smallest absolute Gasteiger partial charge is 0.339 e. The van der Waals surface area contributed by atoms with Crippen molar-refractivity contribution in [2.75, 3.05) is 6.61 Å². The van der Waals surface area contributed by atoms with E-state index in [0.717, 1.165) is 26.2 Å². The van der Waals surface area contributed by atoms with Crippen molar-refractivity contribution in [2.45, 2.75) is 110 Å². The summed E-state index contributed by atoms with van der Waals surface area (Å²) in [5, 5.41) is 0. The van der Waals surface area contributed by atoms with E-state index in [0.29, 0.717) is 6.42 Å². The van der Waals surface area contributed by atoms with E-state index < -0.39 is 52.7 Å². The van der Waals surface area contributed by atoms with Gasteiger partial charge in [0.05, 0.1) is 23.3 Å². The Morgan fingerprint density at radius 1 is 0.610 bits per heavy atom. The second-order valence-corrected chi connectivity index (χ2v) is 10.3. The Labute approximate surface area is 239 Å². The van der Waals surface area contributed by atoms with Gasteiger partial charge in [-0.1, -0.05) is 103 Å². The summed E-state index contributed by atoms with van der Waals surface area (Å²) in [5.41, 5.74) is -1.67. The number of rotatable bonds is 19. The molecule has 0 amide bonds. The number of benzene rings is 2. The lowest BCUT2D eigenvalue weighted by molar-refractivity contribution is 0.0307. The standard InChI is InChI=1S/C32H41F5O4/c1-3-4-5-6-7-8-9-10-11-12-13-14-15-18-21-40-31(38)23-19-16-17-20-24(23)32(39)41-22(2)25-26(33)28(35)30(37)29(36)27(25)34/h16-17,19-20,22H,3-15,18,21H2,1-2H3. The number of halogens is 5. The Hall–Kier alpha value is -2.97. The molecule has 0 N–H and O–H groups in total. The van der Waals surface area contributed by atoms with Crippen molar-refractivity contribution < 1.29 is 41.0 Å². The number of hydrogen-bond acceptors (Lipinski definition) is 4. The second kappa shape index (κ2) is 18.5. The first-order valence-corrected chi connectivity index (χ1v) is 14.7. The molecule has 2 rings (SSSR count). The quantitative estimate of drug-likeness (QED) is 0.0542. The van der Waals surface area contributed by atoms with Gasteiger partial charge in [-0.15, -0.1) is 0 Å². The van der Waals surface area contributed by atoms with Gasteiger partial charge >= 0.3 is 11.9 Å². The Kier molecular flexibility index (Phi) is 15.4. The fourth-order valence-corrected chi connectivity index (χ4v) is 4.64. The molecular weight excluding hydrogens is 543 g/mol. The lowest BCUT2D eigenvalue weighted by Gasteiger charge is -2.17. The van der Waals surface area contributed by atoms with Crippen molar-refractivity contribution in [1.29, 1.82) is 0 Å². The van der Waals surface area contributed by atoms with Crippen LogP contribution in [-0.2, 0) is 9.47 Å². The van der Waals surface area contributed by atoms with Gasteiger partial charge < -0.3 is 9.47 Å². The van der Waals surface area contributed by atoms with Gasteiger partial charge in [0.1, 0.15) is 6.10 Å². The van der Waals surface area contributed by atoms with E-state index in [2.05, 4.69) is 6.92 Å². The molecule has 0 bridgehead atoms. The van der Waals surface area contributed by atoms with Gasteiger partial charge in [-0.05, 0) is 25.5 Å². The average molecular weight is 585 g/mol. The Morgan fingerprint density at radius 3 is 1.46 bits per heavy atom. The van der Waals surface area contributed by atoms with Gasteiger partial charge in [0.15, 0.2) is 23.3 Å². The molecule has 2 aromatic carbocycles. The first-order valence-electron chi connectivity index (χ1n) is 14.7. The lowest BCUT2D eigenvalue weighted by Crippen LogP contribution is -2.18. The number of carbonyl (C=O) groups excluding carboxylic acids is 2. The number of hydrogen-bond donors (Lipinski definition) is 0. The predicted octanol–water partition coefficient (Wildman–Crippen LogP) is 9.94. The van der Waals surface area contributed by atoms with E-state index >= 15 is 0 Å². The molecule has 0 aromatic heterocycles. The van der Waals surface area contributed by atoms with Crippen LogP contribution in [-0.4, -0.2) is 18.5 Å². The lowest BCUT2D eigenvalue weighted by atomic mass is 10.0. The van der Waals surface area contributed by atoms with Crippen molar-refractivity contribution in [1.82, 2.24) is 0 Å². The van der Waals surface area contributed by atoms with Crippen molar-refractivity contribution in [2.24, 2.45) is 0 Å². The first kappa shape index (κ1) is 34.2. The third-order valence-corrected chi connectivity index (χ3v) is 7.03. The molecule has 0 saturated carbocycles. The zero-order valence-corrected chi connectivity index (χ0v) is 24.0. The van der Waals surface area contributed by atoms with E-state index in [-0.39, 0.29) is 17.7 Å². The number of unbranched alkanes of at least 4 members (excludes halogenated alkanes) is 13. The van der Waals surface area contributed by atoms with E-state index in [9.17, 15) is 31.5 Å². The van der Waals surface area contributed by atoms with Crippen molar-refractivity contribution >= 4 is 11.9 Å². The first-order chi connectivity index (χ1) is 19.7. The van der Waals surface area contributed by atoms with Gasteiger partial charge in [-0.25, -0.2) is 31.5 Å². The van der Waals surface area contributed by atoms with Crippen LogP contribution in [0.1, 0.15) is 136 Å². The van der Waals surface area contributed by atoms with E-state index in [1.54, 1.807) is 0 Å². The van der Waals surface area contributed by atoms with Crippen LogP contribution in [0.3, 0.4) is 0 Å². The summed E-state index contributed by atoms with van der Waals surface area (Å²) in [4.78, 5) is 25.3.